The molecule has 0 aliphatic carbocycles. The van der Waals surface area contributed by atoms with Crippen LogP contribution in [0.15, 0.2) is 18.2 Å². The fraction of sp³-hybridized carbons (Fsp3) is 0.462. The highest BCUT2D eigenvalue weighted by Crippen LogP contribution is 2.33. The van der Waals surface area contributed by atoms with Gasteiger partial charge in [0.05, 0.1) is 17.7 Å². The number of hydrogen-bond donors (Lipinski definition) is 2. The number of rotatable bonds is 6. The van der Waals surface area contributed by atoms with Crippen molar-refractivity contribution in [2.75, 3.05) is 18.5 Å². The minimum atomic E-state index is -4.69. The van der Waals surface area contributed by atoms with Gasteiger partial charge in [0.15, 0.2) is 0 Å². The van der Waals surface area contributed by atoms with Gasteiger partial charge in [-0.05, 0) is 32.0 Å². The van der Waals surface area contributed by atoms with E-state index in [9.17, 15) is 18.0 Å². The first-order valence-electron chi connectivity index (χ1n) is 6.04. The van der Waals surface area contributed by atoms with Crippen molar-refractivity contribution in [1.82, 2.24) is 0 Å². The van der Waals surface area contributed by atoms with Gasteiger partial charge in [0.25, 0.3) is 0 Å². The van der Waals surface area contributed by atoms with Gasteiger partial charge in [0.2, 0.25) is 0 Å². The second-order valence-corrected chi connectivity index (χ2v) is 4.27. The average molecular weight is 291 g/mol. The molecule has 0 fully saturated rings. The van der Waals surface area contributed by atoms with Crippen molar-refractivity contribution in [2.45, 2.75) is 26.1 Å². The molecule has 1 atom stereocenters. The molecule has 1 unspecified atom stereocenters. The molecule has 0 aromatic heterocycles. The molecule has 0 saturated carbocycles. The highest BCUT2D eigenvalue weighted by molar-refractivity contribution is 5.91. The zero-order valence-corrected chi connectivity index (χ0v) is 11.1. The smallest absolute Gasteiger partial charge is 0.417 e. The van der Waals surface area contributed by atoms with Crippen LogP contribution in [0.25, 0.3) is 0 Å². The third-order valence-corrected chi connectivity index (χ3v) is 2.54. The van der Waals surface area contributed by atoms with Gasteiger partial charge in [-0.3, -0.25) is 0 Å². The minimum absolute atomic E-state index is 0.145. The van der Waals surface area contributed by atoms with E-state index in [2.05, 4.69) is 5.32 Å². The molecule has 1 aromatic rings. The molecule has 0 aliphatic heterocycles. The summed E-state index contributed by atoms with van der Waals surface area (Å²) in [4.78, 5) is 10.9. The molecule has 0 amide bonds. The van der Waals surface area contributed by atoms with E-state index in [1.165, 1.54) is 6.07 Å². The normalized spacial score (nSPS) is 13.1. The van der Waals surface area contributed by atoms with Crippen molar-refractivity contribution in [1.29, 1.82) is 0 Å². The van der Waals surface area contributed by atoms with Gasteiger partial charge in [-0.2, -0.15) is 13.2 Å². The van der Waals surface area contributed by atoms with Gasteiger partial charge in [0, 0.05) is 18.3 Å². The van der Waals surface area contributed by atoms with Crippen molar-refractivity contribution in [2.24, 2.45) is 0 Å². The molecule has 0 radical (unpaired) electrons. The average Bonchev–Trinajstić information content (AvgIpc) is 2.34. The summed E-state index contributed by atoms with van der Waals surface area (Å²) in [5.74, 6) is -1.61. The predicted molar refractivity (Wildman–Crippen MR) is 68.0 cm³/mol. The zero-order chi connectivity index (χ0) is 15.3. The molecule has 20 heavy (non-hydrogen) atoms. The van der Waals surface area contributed by atoms with Gasteiger partial charge in [0.1, 0.15) is 0 Å². The first kappa shape index (κ1) is 16.3. The molecule has 0 saturated heterocycles. The number of anilines is 1. The van der Waals surface area contributed by atoms with Crippen molar-refractivity contribution in [3.05, 3.63) is 29.3 Å². The molecule has 1 aromatic carbocycles. The number of halogens is 3. The van der Waals surface area contributed by atoms with Gasteiger partial charge < -0.3 is 15.2 Å². The summed E-state index contributed by atoms with van der Waals surface area (Å²) in [5, 5.41) is 11.8. The molecule has 1 rings (SSSR count). The van der Waals surface area contributed by atoms with E-state index in [0.717, 1.165) is 12.1 Å². The number of carboxylic acid groups (broad SMARTS) is 1. The third-order valence-electron chi connectivity index (χ3n) is 2.54. The number of carboxylic acids is 1. The second kappa shape index (κ2) is 6.60. The van der Waals surface area contributed by atoms with Gasteiger partial charge in [-0.25, -0.2) is 4.79 Å². The molecule has 7 heteroatoms. The summed E-state index contributed by atoms with van der Waals surface area (Å²) in [6, 6.07) is 2.80. The standard InChI is InChI=1S/C13H16F3NO3/c1-3-20-7-8(2)17-9-4-5-11(13(14,15)16)10(6-9)12(18)19/h4-6,8,17H,3,7H2,1-2H3,(H,18,19). The van der Waals surface area contributed by atoms with Crippen LogP contribution >= 0.6 is 0 Å². The molecular formula is C13H16F3NO3. The van der Waals surface area contributed by atoms with Crippen LogP contribution in [0.5, 0.6) is 0 Å². The molecule has 112 valence electrons. The molecular weight excluding hydrogens is 275 g/mol. The summed E-state index contributed by atoms with van der Waals surface area (Å²) in [7, 11) is 0. The summed E-state index contributed by atoms with van der Waals surface area (Å²) < 4.78 is 43.2. The van der Waals surface area contributed by atoms with Crippen LogP contribution < -0.4 is 5.32 Å². The van der Waals surface area contributed by atoms with Gasteiger partial charge in [-0.15, -0.1) is 0 Å². The number of carbonyl (C=O) groups is 1. The van der Waals surface area contributed by atoms with Crippen molar-refractivity contribution in [3.8, 4) is 0 Å². The number of aromatic carboxylic acids is 1. The largest absolute Gasteiger partial charge is 0.478 e. The van der Waals surface area contributed by atoms with E-state index in [1.807, 2.05) is 6.92 Å². The Morgan fingerprint density at radius 3 is 2.60 bits per heavy atom. The monoisotopic (exact) mass is 291 g/mol. The summed E-state index contributed by atoms with van der Waals surface area (Å²) in [6.45, 7) is 4.51. The second-order valence-electron chi connectivity index (χ2n) is 4.27. The van der Waals surface area contributed by atoms with Crippen LogP contribution in [-0.4, -0.2) is 30.3 Å². The van der Waals surface area contributed by atoms with Crippen LogP contribution in [0.3, 0.4) is 0 Å². The van der Waals surface area contributed by atoms with Crippen LogP contribution in [0, 0.1) is 0 Å². The lowest BCUT2D eigenvalue weighted by Gasteiger charge is -2.17. The number of alkyl halides is 3. The maximum absolute atomic E-state index is 12.7. The van der Waals surface area contributed by atoms with E-state index in [1.54, 1.807) is 6.92 Å². The molecule has 4 nitrogen and oxygen atoms in total. The lowest BCUT2D eigenvalue weighted by Crippen LogP contribution is -2.22. The number of hydrogen-bond acceptors (Lipinski definition) is 3. The maximum atomic E-state index is 12.7. The zero-order valence-electron chi connectivity index (χ0n) is 11.1. The first-order valence-corrected chi connectivity index (χ1v) is 6.04. The number of ether oxygens (including phenoxy) is 1. The topological polar surface area (TPSA) is 58.6 Å². The maximum Gasteiger partial charge on any atom is 0.417 e. The molecule has 2 N–H and O–H groups in total. The Morgan fingerprint density at radius 2 is 2.10 bits per heavy atom. The summed E-state index contributed by atoms with van der Waals surface area (Å²) in [5.41, 5.74) is -1.62. The summed E-state index contributed by atoms with van der Waals surface area (Å²) >= 11 is 0. The summed E-state index contributed by atoms with van der Waals surface area (Å²) in [6.07, 6.45) is -4.69. The number of nitrogens with one attached hydrogen (secondary N) is 1. The van der Waals surface area contributed by atoms with Gasteiger partial charge in [-0.1, -0.05) is 0 Å². The Morgan fingerprint density at radius 1 is 1.45 bits per heavy atom. The van der Waals surface area contributed by atoms with E-state index < -0.39 is 23.3 Å². The van der Waals surface area contributed by atoms with E-state index in [-0.39, 0.29) is 6.04 Å². The van der Waals surface area contributed by atoms with Crippen molar-refractivity contribution < 1.29 is 27.8 Å². The highest BCUT2D eigenvalue weighted by Gasteiger charge is 2.35. The Kier molecular flexibility index (Phi) is 5.38. The van der Waals surface area contributed by atoms with Crippen molar-refractivity contribution >= 4 is 11.7 Å². The van der Waals surface area contributed by atoms with E-state index in [0.29, 0.717) is 18.9 Å². The molecule has 0 heterocycles. The van der Waals surface area contributed by atoms with Crippen LogP contribution in [0.1, 0.15) is 29.8 Å². The lowest BCUT2D eigenvalue weighted by molar-refractivity contribution is -0.138. The highest BCUT2D eigenvalue weighted by atomic mass is 19.4. The molecule has 0 aliphatic rings. The van der Waals surface area contributed by atoms with E-state index >= 15 is 0 Å². The Balaban J connectivity index is 2.96. The van der Waals surface area contributed by atoms with Crippen molar-refractivity contribution in [3.63, 3.8) is 0 Å². The first-order chi connectivity index (χ1) is 9.25. The molecule has 0 bridgehead atoms. The van der Waals surface area contributed by atoms with Crippen LogP contribution in [0.2, 0.25) is 0 Å². The fourth-order valence-corrected chi connectivity index (χ4v) is 1.68. The van der Waals surface area contributed by atoms with Crippen LogP contribution in [-0.2, 0) is 10.9 Å². The SMILES string of the molecule is CCOCC(C)Nc1ccc(C(F)(F)F)c(C(=O)O)c1. The molecule has 0 spiro atoms. The van der Waals surface area contributed by atoms with E-state index in [4.69, 9.17) is 9.84 Å². The minimum Gasteiger partial charge on any atom is -0.478 e. The third kappa shape index (κ3) is 4.41. The Hall–Kier alpha value is -1.76. The number of benzene rings is 1. The lowest BCUT2D eigenvalue weighted by atomic mass is 10.1. The Bertz CT molecular complexity index is 474. The Labute approximate surface area is 114 Å². The quantitative estimate of drug-likeness (QED) is 0.844. The fourth-order valence-electron chi connectivity index (χ4n) is 1.68. The van der Waals surface area contributed by atoms with Gasteiger partial charge >= 0.3 is 12.1 Å². The predicted octanol–water partition coefficient (Wildman–Crippen LogP) is 3.24. The van der Waals surface area contributed by atoms with Crippen LogP contribution in [0.4, 0.5) is 18.9 Å².